The molecule has 1 fully saturated rings. The van der Waals surface area contributed by atoms with Crippen molar-refractivity contribution in [3.05, 3.63) is 35.6 Å². The predicted octanol–water partition coefficient (Wildman–Crippen LogP) is 2.29. The van der Waals surface area contributed by atoms with Crippen molar-refractivity contribution in [3.63, 3.8) is 0 Å². The van der Waals surface area contributed by atoms with Crippen molar-refractivity contribution in [3.8, 4) is 11.5 Å². The van der Waals surface area contributed by atoms with Crippen LogP contribution in [0.2, 0.25) is 0 Å². The zero-order chi connectivity index (χ0) is 23.9. The summed E-state index contributed by atoms with van der Waals surface area (Å²) in [7, 11) is 0. The van der Waals surface area contributed by atoms with Crippen LogP contribution in [0.4, 0.5) is 0 Å². The molecule has 3 atom stereocenters. The molecule has 3 heterocycles. The van der Waals surface area contributed by atoms with E-state index in [0.717, 1.165) is 18.5 Å². The van der Waals surface area contributed by atoms with E-state index in [4.69, 9.17) is 18.9 Å². The van der Waals surface area contributed by atoms with Crippen LogP contribution in [-0.4, -0.2) is 67.8 Å². The number of rotatable bonds is 11. The molecule has 0 aromatic heterocycles. The maximum absolute atomic E-state index is 13.0. The van der Waals surface area contributed by atoms with Crippen LogP contribution in [0.15, 0.2) is 30.0 Å². The first-order valence-corrected chi connectivity index (χ1v) is 12.2. The molecule has 3 aliphatic heterocycles. The van der Waals surface area contributed by atoms with E-state index in [0.29, 0.717) is 56.9 Å². The first kappa shape index (κ1) is 24.3. The standard InChI is InChI=1S/C25H34N2O7/c1-2-31-25-18(6-4-13-28)19(17-8-9-20-21(14-17)33-16-32-20)15-22(34-25)24(30)26-10-5-12-27-11-3-7-23(27)29/h8-9,14-15,18-19,25,28H,2-7,10-13,16H2,1H3,(H,26,30)/t18-,19+,25+/m0/s1. The van der Waals surface area contributed by atoms with Gasteiger partial charge in [-0.2, -0.15) is 0 Å². The van der Waals surface area contributed by atoms with Gasteiger partial charge in [0.1, 0.15) is 0 Å². The van der Waals surface area contributed by atoms with E-state index in [9.17, 15) is 14.7 Å². The molecule has 0 unspecified atom stereocenters. The Balaban J connectivity index is 1.48. The SMILES string of the molecule is CCO[C@@H]1OC(C(=O)NCCCN2CCCC2=O)=C[C@H](c2ccc3c(c2)OCO3)[C@@H]1CCCO. The van der Waals surface area contributed by atoms with Gasteiger partial charge in [0.25, 0.3) is 5.91 Å². The maximum atomic E-state index is 13.0. The van der Waals surface area contributed by atoms with E-state index in [2.05, 4.69) is 5.32 Å². The molecule has 1 aromatic rings. The smallest absolute Gasteiger partial charge is 0.286 e. The largest absolute Gasteiger partial charge is 0.459 e. The van der Waals surface area contributed by atoms with E-state index in [1.54, 1.807) is 0 Å². The molecule has 1 aromatic carbocycles. The zero-order valence-corrected chi connectivity index (χ0v) is 19.7. The van der Waals surface area contributed by atoms with Gasteiger partial charge >= 0.3 is 0 Å². The number of ether oxygens (including phenoxy) is 4. The van der Waals surface area contributed by atoms with Crippen molar-refractivity contribution >= 4 is 11.8 Å². The number of likely N-dealkylation sites (tertiary alicyclic amines) is 1. The van der Waals surface area contributed by atoms with Gasteiger partial charge in [-0.1, -0.05) is 6.07 Å². The number of fused-ring (bicyclic) bond motifs is 1. The maximum Gasteiger partial charge on any atom is 0.286 e. The Morgan fingerprint density at radius 3 is 2.88 bits per heavy atom. The van der Waals surface area contributed by atoms with Crippen LogP contribution in [0.1, 0.15) is 50.5 Å². The second-order valence-corrected chi connectivity index (χ2v) is 8.73. The van der Waals surface area contributed by atoms with Gasteiger partial charge in [0, 0.05) is 51.1 Å². The lowest BCUT2D eigenvalue weighted by molar-refractivity contribution is -0.166. The van der Waals surface area contributed by atoms with Gasteiger partial charge in [0.15, 0.2) is 17.3 Å². The van der Waals surface area contributed by atoms with Crippen LogP contribution in [0, 0.1) is 5.92 Å². The summed E-state index contributed by atoms with van der Waals surface area (Å²) >= 11 is 0. The zero-order valence-electron chi connectivity index (χ0n) is 19.7. The minimum Gasteiger partial charge on any atom is -0.459 e. The highest BCUT2D eigenvalue weighted by Crippen LogP contribution is 2.42. The van der Waals surface area contributed by atoms with E-state index in [1.165, 1.54) is 0 Å². The minimum atomic E-state index is -0.611. The van der Waals surface area contributed by atoms with Crippen molar-refractivity contribution in [2.75, 3.05) is 39.6 Å². The molecule has 0 spiro atoms. The van der Waals surface area contributed by atoms with E-state index >= 15 is 0 Å². The van der Waals surface area contributed by atoms with Gasteiger partial charge in [-0.15, -0.1) is 0 Å². The Kier molecular flexibility index (Phi) is 8.29. The van der Waals surface area contributed by atoms with Crippen LogP contribution in [-0.2, 0) is 19.1 Å². The number of nitrogens with one attached hydrogen (secondary N) is 1. The topological polar surface area (TPSA) is 107 Å². The molecule has 1 saturated heterocycles. The molecule has 9 heteroatoms. The average molecular weight is 475 g/mol. The van der Waals surface area contributed by atoms with Gasteiger partial charge < -0.3 is 34.3 Å². The van der Waals surface area contributed by atoms with Crippen molar-refractivity contribution in [1.29, 1.82) is 0 Å². The third-order valence-corrected chi connectivity index (χ3v) is 6.48. The highest BCUT2D eigenvalue weighted by atomic mass is 16.7. The lowest BCUT2D eigenvalue weighted by Gasteiger charge is -2.37. The van der Waals surface area contributed by atoms with Crippen molar-refractivity contribution in [2.45, 2.75) is 51.2 Å². The second kappa shape index (κ2) is 11.6. The Bertz CT molecular complexity index is 903. The molecule has 0 saturated carbocycles. The number of amides is 2. The summed E-state index contributed by atoms with van der Waals surface area (Å²) in [6.45, 7) is 4.47. The third-order valence-electron chi connectivity index (χ3n) is 6.48. The fourth-order valence-corrected chi connectivity index (χ4v) is 4.76. The lowest BCUT2D eigenvalue weighted by atomic mass is 9.80. The van der Waals surface area contributed by atoms with Crippen LogP contribution in [0.25, 0.3) is 0 Å². The number of hydrogen-bond acceptors (Lipinski definition) is 7. The van der Waals surface area contributed by atoms with Crippen LogP contribution >= 0.6 is 0 Å². The highest BCUT2D eigenvalue weighted by molar-refractivity contribution is 5.91. The summed E-state index contributed by atoms with van der Waals surface area (Å²) in [4.78, 5) is 26.6. The Morgan fingerprint density at radius 1 is 1.26 bits per heavy atom. The lowest BCUT2D eigenvalue weighted by Crippen LogP contribution is -2.39. The Hall–Kier alpha value is -2.78. The van der Waals surface area contributed by atoms with Gasteiger partial charge in [0.05, 0.1) is 0 Å². The van der Waals surface area contributed by atoms with Gasteiger partial charge in [-0.3, -0.25) is 9.59 Å². The van der Waals surface area contributed by atoms with Gasteiger partial charge in [0.2, 0.25) is 19.0 Å². The number of carbonyl (C=O) groups is 2. The molecule has 3 aliphatic rings. The average Bonchev–Trinajstić information content (AvgIpc) is 3.48. The fourth-order valence-electron chi connectivity index (χ4n) is 4.76. The number of hydrogen-bond donors (Lipinski definition) is 2. The normalized spacial score (nSPS) is 23.6. The van der Waals surface area contributed by atoms with Crippen LogP contribution in [0.3, 0.4) is 0 Å². The van der Waals surface area contributed by atoms with Gasteiger partial charge in [-0.25, -0.2) is 0 Å². The molecule has 34 heavy (non-hydrogen) atoms. The highest BCUT2D eigenvalue weighted by Gasteiger charge is 2.38. The molecule has 9 nitrogen and oxygen atoms in total. The molecule has 0 aliphatic carbocycles. The molecule has 4 rings (SSSR count). The van der Waals surface area contributed by atoms with E-state index in [-0.39, 0.29) is 42.8 Å². The van der Waals surface area contributed by atoms with E-state index < -0.39 is 6.29 Å². The minimum absolute atomic E-state index is 0.0692. The monoisotopic (exact) mass is 474 g/mol. The van der Waals surface area contributed by atoms with Crippen molar-refractivity contribution in [1.82, 2.24) is 10.2 Å². The van der Waals surface area contributed by atoms with Crippen molar-refractivity contribution < 1.29 is 33.6 Å². The summed E-state index contributed by atoms with van der Waals surface area (Å²) in [5.74, 6) is 1.24. The van der Waals surface area contributed by atoms with Gasteiger partial charge in [-0.05, 0) is 56.4 Å². The summed E-state index contributed by atoms with van der Waals surface area (Å²) < 4.78 is 22.9. The van der Waals surface area contributed by atoms with E-state index in [1.807, 2.05) is 36.1 Å². The molecule has 0 bridgehead atoms. The summed E-state index contributed by atoms with van der Waals surface area (Å²) in [5.41, 5.74) is 0.970. The quantitative estimate of drug-likeness (QED) is 0.474. The molecule has 2 amide bonds. The number of nitrogens with zero attached hydrogens (tertiary/aromatic N) is 1. The first-order valence-electron chi connectivity index (χ1n) is 12.2. The summed E-state index contributed by atoms with van der Waals surface area (Å²) in [6.07, 6.45) is 4.71. The number of allylic oxidation sites excluding steroid dienone is 1. The van der Waals surface area contributed by atoms with Crippen LogP contribution in [0.5, 0.6) is 11.5 Å². The number of benzene rings is 1. The number of aliphatic hydroxyl groups excluding tert-OH is 1. The summed E-state index contributed by atoms with van der Waals surface area (Å²) in [5, 5.41) is 12.3. The fraction of sp³-hybridized carbons (Fsp3) is 0.600. The van der Waals surface area contributed by atoms with Crippen LogP contribution < -0.4 is 14.8 Å². The number of carbonyl (C=O) groups excluding carboxylic acids is 2. The first-order chi connectivity index (χ1) is 16.6. The molecular weight excluding hydrogens is 440 g/mol. The second-order valence-electron chi connectivity index (χ2n) is 8.73. The Labute approximate surface area is 200 Å². The molecule has 186 valence electrons. The third kappa shape index (κ3) is 5.64. The number of aliphatic hydroxyl groups is 1. The predicted molar refractivity (Wildman–Crippen MR) is 123 cm³/mol. The summed E-state index contributed by atoms with van der Waals surface area (Å²) in [6, 6.07) is 5.78. The van der Waals surface area contributed by atoms with Crippen molar-refractivity contribution in [2.24, 2.45) is 5.92 Å². The Morgan fingerprint density at radius 2 is 2.12 bits per heavy atom. The molecular formula is C25H34N2O7. The molecule has 0 radical (unpaired) electrons. The molecule has 2 N–H and O–H groups in total.